The van der Waals surface area contributed by atoms with Gasteiger partial charge in [0, 0.05) is 49.2 Å². The zero-order valence-electron chi connectivity index (χ0n) is 23.0. The van der Waals surface area contributed by atoms with Crippen LogP contribution in [0.2, 0.25) is 0 Å². The van der Waals surface area contributed by atoms with Crippen molar-refractivity contribution < 1.29 is 4.79 Å². The maximum absolute atomic E-state index is 13.6. The first-order valence-electron chi connectivity index (χ1n) is 13.4. The monoisotopic (exact) mass is 485 g/mol. The third-order valence-electron chi connectivity index (χ3n) is 7.25. The molecule has 3 aromatic carbocycles. The number of para-hydroxylation sites is 1. The lowest BCUT2D eigenvalue weighted by Gasteiger charge is -2.24. The molecule has 4 nitrogen and oxygen atoms in total. The molecule has 1 amide bonds. The number of anilines is 3. The van der Waals surface area contributed by atoms with Gasteiger partial charge in [-0.2, -0.15) is 0 Å². The molecule has 0 aromatic heterocycles. The quantitative estimate of drug-likeness (QED) is 0.299. The van der Waals surface area contributed by atoms with E-state index in [1.165, 1.54) is 33.6 Å². The predicted molar refractivity (Wildman–Crippen MR) is 155 cm³/mol. The summed E-state index contributed by atoms with van der Waals surface area (Å²) in [6, 6.07) is 23.1. The summed E-state index contributed by atoms with van der Waals surface area (Å²) in [5.41, 5.74) is 8.28. The van der Waals surface area contributed by atoms with E-state index in [9.17, 15) is 4.79 Å². The van der Waals surface area contributed by atoms with E-state index in [1.807, 2.05) is 30.3 Å². The standard InChI is InChI=1S/C32H43N3O/c1-7-34(8-2)30-18-16-26(24(5)20-30)22-28(32(36)33-29-14-12-11-13-15-29)23-27-17-19-31(21-25(27)6)35(9-3)10-4/h11-21,28H,7-10,22-23H2,1-6H3,(H,33,36). The smallest absolute Gasteiger partial charge is 0.228 e. The minimum Gasteiger partial charge on any atom is -0.372 e. The molecule has 0 saturated heterocycles. The number of amides is 1. The van der Waals surface area contributed by atoms with Crippen LogP contribution < -0.4 is 15.1 Å². The van der Waals surface area contributed by atoms with Crippen molar-refractivity contribution >= 4 is 23.0 Å². The molecule has 3 rings (SSSR count). The molecule has 1 N–H and O–H groups in total. The summed E-state index contributed by atoms with van der Waals surface area (Å²) in [4.78, 5) is 18.3. The number of nitrogens with one attached hydrogen (secondary N) is 1. The van der Waals surface area contributed by atoms with Gasteiger partial charge >= 0.3 is 0 Å². The Morgan fingerprint density at radius 3 is 1.53 bits per heavy atom. The Balaban J connectivity index is 1.88. The number of nitrogens with zero attached hydrogens (tertiary/aromatic N) is 2. The van der Waals surface area contributed by atoms with Crippen molar-refractivity contribution in [3.05, 3.63) is 89.0 Å². The number of hydrogen-bond donors (Lipinski definition) is 1. The molecule has 0 unspecified atom stereocenters. The van der Waals surface area contributed by atoms with Crippen LogP contribution in [0.4, 0.5) is 17.1 Å². The molecule has 4 heteroatoms. The van der Waals surface area contributed by atoms with E-state index in [-0.39, 0.29) is 11.8 Å². The highest BCUT2D eigenvalue weighted by Crippen LogP contribution is 2.26. The van der Waals surface area contributed by atoms with Gasteiger partial charge in [0.25, 0.3) is 0 Å². The minimum atomic E-state index is -0.166. The molecule has 0 spiro atoms. The van der Waals surface area contributed by atoms with E-state index in [1.54, 1.807) is 0 Å². The lowest BCUT2D eigenvalue weighted by Crippen LogP contribution is -2.27. The minimum absolute atomic E-state index is 0.0700. The number of carbonyl (C=O) groups excluding carboxylic acids is 1. The van der Waals surface area contributed by atoms with Crippen LogP contribution in [0.3, 0.4) is 0 Å². The maximum atomic E-state index is 13.6. The molecule has 0 radical (unpaired) electrons. The summed E-state index contributed by atoms with van der Waals surface area (Å²) in [6.45, 7) is 17.0. The fourth-order valence-electron chi connectivity index (χ4n) is 4.94. The van der Waals surface area contributed by atoms with Crippen LogP contribution in [0.15, 0.2) is 66.7 Å². The molecule has 0 atom stereocenters. The zero-order valence-corrected chi connectivity index (χ0v) is 23.0. The number of benzene rings is 3. The van der Waals surface area contributed by atoms with E-state index in [0.717, 1.165) is 31.9 Å². The van der Waals surface area contributed by atoms with Crippen LogP contribution in [0.1, 0.15) is 49.9 Å². The Hall–Kier alpha value is -3.27. The highest BCUT2D eigenvalue weighted by Gasteiger charge is 2.22. The maximum Gasteiger partial charge on any atom is 0.228 e. The molecule has 0 bridgehead atoms. The number of rotatable bonds is 12. The molecule has 0 aliphatic heterocycles. The van der Waals surface area contributed by atoms with E-state index in [0.29, 0.717) is 12.8 Å². The van der Waals surface area contributed by atoms with Gasteiger partial charge in [0.1, 0.15) is 0 Å². The molecule has 0 fully saturated rings. The molecule has 0 heterocycles. The van der Waals surface area contributed by atoms with Crippen LogP contribution in [-0.4, -0.2) is 32.1 Å². The highest BCUT2D eigenvalue weighted by atomic mass is 16.1. The van der Waals surface area contributed by atoms with Crippen molar-refractivity contribution in [3.63, 3.8) is 0 Å². The molecule has 36 heavy (non-hydrogen) atoms. The molecule has 0 saturated carbocycles. The van der Waals surface area contributed by atoms with Gasteiger partial charge in [-0.1, -0.05) is 30.3 Å². The molecule has 3 aromatic rings. The summed E-state index contributed by atoms with van der Waals surface area (Å²) in [5.74, 6) is -0.0955. The number of aryl methyl sites for hydroxylation is 2. The van der Waals surface area contributed by atoms with Crippen molar-refractivity contribution in [2.45, 2.75) is 54.4 Å². The van der Waals surface area contributed by atoms with Gasteiger partial charge in [-0.15, -0.1) is 0 Å². The van der Waals surface area contributed by atoms with Crippen LogP contribution >= 0.6 is 0 Å². The van der Waals surface area contributed by atoms with E-state index in [2.05, 4.69) is 93.1 Å². The lowest BCUT2D eigenvalue weighted by molar-refractivity contribution is -0.119. The Labute approximate surface area is 218 Å². The van der Waals surface area contributed by atoms with Gasteiger partial charge in [-0.05, 0) is 113 Å². The first-order valence-corrected chi connectivity index (χ1v) is 13.4. The lowest BCUT2D eigenvalue weighted by atomic mass is 9.88. The molecule has 192 valence electrons. The number of carbonyl (C=O) groups is 1. The van der Waals surface area contributed by atoms with E-state index >= 15 is 0 Å². The zero-order chi connectivity index (χ0) is 26.1. The van der Waals surface area contributed by atoms with E-state index in [4.69, 9.17) is 0 Å². The molecule has 0 aliphatic carbocycles. The van der Waals surface area contributed by atoms with Gasteiger partial charge < -0.3 is 15.1 Å². The largest absolute Gasteiger partial charge is 0.372 e. The number of hydrogen-bond acceptors (Lipinski definition) is 3. The Bertz CT molecular complexity index is 1050. The summed E-state index contributed by atoms with van der Waals surface area (Å²) in [7, 11) is 0. The first-order chi connectivity index (χ1) is 17.4. The second-order valence-corrected chi connectivity index (χ2v) is 9.53. The summed E-state index contributed by atoms with van der Waals surface area (Å²) in [5, 5.41) is 3.16. The SMILES string of the molecule is CCN(CC)c1ccc(CC(Cc2ccc(N(CC)CC)cc2C)C(=O)Nc2ccccc2)c(C)c1. The van der Waals surface area contributed by atoms with Crippen molar-refractivity contribution in [2.75, 3.05) is 41.3 Å². The van der Waals surface area contributed by atoms with Crippen LogP contribution in [0.5, 0.6) is 0 Å². The summed E-state index contributed by atoms with van der Waals surface area (Å²) >= 11 is 0. The third-order valence-corrected chi connectivity index (χ3v) is 7.25. The van der Waals surface area contributed by atoms with Gasteiger partial charge in [0.15, 0.2) is 0 Å². The fourth-order valence-corrected chi connectivity index (χ4v) is 4.94. The Morgan fingerprint density at radius 2 is 1.14 bits per heavy atom. The van der Waals surface area contributed by atoms with E-state index < -0.39 is 0 Å². The second-order valence-electron chi connectivity index (χ2n) is 9.53. The summed E-state index contributed by atoms with van der Waals surface area (Å²) < 4.78 is 0. The second kappa shape index (κ2) is 13.2. The fraction of sp³-hybridized carbons (Fsp3) is 0.406. The van der Waals surface area contributed by atoms with Gasteiger partial charge in [0.2, 0.25) is 5.91 Å². The predicted octanol–water partition coefficient (Wildman–Crippen LogP) is 7.04. The van der Waals surface area contributed by atoms with Crippen molar-refractivity contribution in [1.82, 2.24) is 0 Å². The summed E-state index contributed by atoms with van der Waals surface area (Å²) in [6.07, 6.45) is 1.42. The normalized spacial score (nSPS) is 11.0. The molecular weight excluding hydrogens is 442 g/mol. The third kappa shape index (κ3) is 6.90. The Kier molecular flexibility index (Phi) is 9.98. The highest BCUT2D eigenvalue weighted by molar-refractivity contribution is 5.93. The van der Waals surface area contributed by atoms with Gasteiger partial charge in [-0.3, -0.25) is 4.79 Å². The topological polar surface area (TPSA) is 35.6 Å². The first kappa shape index (κ1) is 27.3. The van der Waals surface area contributed by atoms with Crippen LogP contribution in [0, 0.1) is 19.8 Å². The van der Waals surface area contributed by atoms with Crippen LogP contribution in [0.25, 0.3) is 0 Å². The van der Waals surface area contributed by atoms with Crippen LogP contribution in [-0.2, 0) is 17.6 Å². The van der Waals surface area contributed by atoms with Gasteiger partial charge in [0.05, 0.1) is 0 Å². The average molecular weight is 486 g/mol. The average Bonchev–Trinajstić information content (AvgIpc) is 2.88. The van der Waals surface area contributed by atoms with Crippen molar-refractivity contribution in [2.24, 2.45) is 5.92 Å². The van der Waals surface area contributed by atoms with Gasteiger partial charge in [-0.25, -0.2) is 0 Å². The van der Waals surface area contributed by atoms with Crippen molar-refractivity contribution in [3.8, 4) is 0 Å². The Morgan fingerprint density at radius 1 is 0.694 bits per heavy atom. The van der Waals surface area contributed by atoms with Crippen molar-refractivity contribution in [1.29, 1.82) is 0 Å². The molecule has 0 aliphatic rings. The molecular formula is C32H43N3O.